The monoisotopic (exact) mass is 436 g/mol. The lowest BCUT2D eigenvalue weighted by molar-refractivity contribution is -0.113. The van der Waals surface area contributed by atoms with E-state index >= 15 is 0 Å². The second-order valence-electron chi connectivity index (χ2n) is 5.57. The first-order valence-corrected chi connectivity index (χ1v) is 9.39. The number of carbonyl (C=O) groups is 1. The number of benzene rings is 2. The Bertz CT molecular complexity index is 898. The van der Waals surface area contributed by atoms with Gasteiger partial charge in [-0.1, -0.05) is 42.2 Å². The molecule has 128 valence electrons. The molecule has 25 heavy (non-hydrogen) atoms. The van der Waals surface area contributed by atoms with E-state index in [0.29, 0.717) is 9.23 Å². The van der Waals surface area contributed by atoms with Crippen molar-refractivity contribution in [2.24, 2.45) is 0 Å². The van der Waals surface area contributed by atoms with Crippen molar-refractivity contribution < 1.29 is 9.18 Å². The van der Waals surface area contributed by atoms with Gasteiger partial charge in [-0.15, -0.1) is 0 Å². The first-order chi connectivity index (χ1) is 11.9. The zero-order valence-corrected chi connectivity index (χ0v) is 16.7. The lowest BCUT2D eigenvalue weighted by Gasteiger charge is -2.15. The third kappa shape index (κ3) is 3.63. The summed E-state index contributed by atoms with van der Waals surface area (Å²) in [5, 5.41) is 0. The van der Waals surface area contributed by atoms with Crippen molar-refractivity contribution in [3.05, 3.63) is 63.2 Å². The zero-order valence-electron chi connectivity index (χ0n) is 13.5. The summed E-state index contributed by atoms with van der Waals surface area (Å²) in [5.74, 6) is -0.786. The molecule has 1 saturated heterocycles. The third-order valence-electron chi connectivity index (χ3n) is 3.64. The highest BCUT2D eigenvalue weighted by atomic mass is 79.9. The van der Waals surface area contributed by atoms with Gasteiger partial charge in [0.15, 0.2) is 4.32 Å². The molecule has 0 bridgehead atoms. The number of para-hydroxylation sites is 1. The standard InChI is InChI=1S/C18H14BrFN2OS2/c1-21(2)14-8-7-11(9-12(14)19)10-16-17(23)22(18(24)25-16)15-6-4-3-5-13(15)20/h3-10H,1-2H3/b16-10-. The van der Waals surface area contributed by atoms with Crippen molar-refractivity contribution >= 4 is 67.6 Å². The van der Waals surface area contributed by atoms with Crippen LogP contribution in [0.1, 0.15) is 5.56 Å². The smallest absolute Gasteiger partial charge is 0.270 e. The minimum absolute atomic E-state index is 0.178. The Morgan fingerprint density at radius 3 is 2.60 bits per heavy atom. The van der Waals surface area contributed by atoms with Crippen LogP contribution in [0.25, 0.3) is 6.08 Å². The van der Waals surface area contributed by atoms with Crippen LogP contribution in [-0.2, 0) is 4.79 Å². The topological polar surface area (TPSA) is 23.6 Å². The summed E-state index contributed by atoms with van der Waals surface area (Å²) in [6, 6.07) is 11.9. The molecule has 7 heteroatoms. The molecule has 0 atom stereocenters. The summed E-state index contributed by atoms with van der Waals surface area (Å²) < 4.78 is 15.3. The molecule has 2 aromatic rings. The summed E-state index contributed by atoms with van der Waals surface area (Å²) >= 11 is 9.98. The van der Waals surface area contributed by atoms with Gasteiger partial charge in [0.05, 0.1) is 16.3 Å². The molecule has 0 unspecified atom stereocenters. The first kappa shape index (κ1) is 18.1. The fourth-order valence-corrected chi connectivity index (χ4v) is 4.47. The van der Waals surface area contributed by atoms with Crippen LogP contribution < -0.4 is 9.80 Å². The highest BCUT2D eigenvalue weighted by Gasteiger charge is 2.34. The van der Waals surface area contributed by atoms with Gasteiger partial charge in [0.2, 0.25) is 0 Å². The molecule has 0 N–H and O–H groups in total. The number of amides is 1. The van der Waals surface area contributed by atoms with Crippen LogP contribution in [0.4, 0.5) is 15.8 Å². The van der Waals surface area contributed by atoms with Crippen LogP contribution in [-0.4, -0.2) is 24.3 Å². The molecule has 1 amide bonds. The molecular formula is C18H14BrFN2OS2. The minimum atomic E-state index is -0.474. The predicted octanol–water partition coefficient (Wildman–Crippen LogP) is 5.06. The Hall–Kier alpha value is -1.70. The van der Waals surface area contributed by atoms with Crippen molar-refractivity contribution in [3.8, 4) is 0 Å². The predicted molar refractivity (Wildman–Crippen MR) is 111 cm³/mol. The molecular weight excluding hydrogens is 423 g/mol. The summed E-state index contributed by atoms with van der Waals surface area (Å²) in [4.78, 5) is 16.4. The number of thioether (sulfide) groups is 1. The largest absolute Gasteiger partial charge is 0.377 e. The van der Waals surface area contributed by atoms with Crippen LogP contribution in [0.5, 0.6) is 0 Å². The van der Waals surface area contributed by atoms with Gasteiger partial charge in [0.25, 0.3) is 5.91 Å². The third-order valence-corrected chi connectivity index (χ3v) is 5.58. The second-order valence-corrected chi connectivity index (χ2v) is 8.10. The quantitative estimate of drug-likeness (QED) is 0.495. The van der Waals surface area contributed by atoms with E-state index in [2.05, 4.69) is 15.9 Å². The molecule has 0 saturated carbocycles. The van der Waals surface area contributed by atoms with Crippen molar-refractivity contribution in [2.75, 3.05) is 23.9 Å². The molecule has 1 aliphatic rings. The molecule has 2 aromatic carbocycles. The van der Waals surface area contributed by atoms with Crippen molar-refractivity contribution in [1.82, 2.24) is 0 Å². The molecule has 3 nitrogen and oxygen atoms in total. The highest BCUT2D eigenvalue weighted by molar-refractivity contribution is 9.10. The van der Waals surface area contributed by atoms with Crippen molar-refractivity contribution in [3.63, 3.8) is 0 Å². The maximum atomic E-state index is 14.0. The average Bonchev–Trinajstić information content (AvgIpc) is 2.82. The zero-order chi connectivity index (χ0) is 18.1. The number of halogens is 2. The molecule has 0 radical (unpaired) electrons. The van der Waals surface area contributed by atoms with E-state index in [1.165, 1.54) is 22.7 Å². The van der Waals surface area contributed by atoms with E-state index in [1.807, 2.05) is 37.2 Å². The van der Waals surface area contributed by atoms with Gasteiger partial charge in [0, 0.05) is 18.6 Å². The number of carbonyl (C=O) groups excluding carboxylic acids is 1. The van der Waals surface area contributed by atoms with Crippen LogP contribution in [0.15, 0.2) is 51.8 Å². The molecule has 1 fully saturated rings. The van der Waals surface area contributed by atoms with Gasteiger partial charge in [0.1, 0.15) is 5.82 Å². The van der Waals surface area contributed by atoms with E-state index in [0.717, 1.165) is 15.7 Å². The van der Waals surface area contributed by atoms with E-state index in [4.69, 9.17) is 12.2 Å². The SMILES string of the molecule is CN(C)c1ccc(/C=C2\SC(=S)N(c3ccccc3F)C2=O)cc1Br. The summed E-state index contributed by atoms with van der Waals surface area (Å²) in [7, 11) is 3.92. The summed E-state index contributed by atoms with van der Waals surface area (Å²) in [6.45, 7) is 0. The van der Waals surface area contributed by atoms with Gasteiger partial charge in [-0.3, -0.25) is 9.69 Å². The van der Waals surface area contributed by atoms with Gasteiger partial charge < -0.3 is 4.90 Å². The average molecular weight is 437 g/mol. The number of thiocarbonyl (C=S) groups is 1. The second kappa shape index (κ2) is 7.27. The molecule has 1 aliphatic heterocycles. The van der Waals surface area contributed by atoms with Gasteiger partial charge in [-0.2, -0.15) is 0 Å². The lowest BCUT2D eigenvalue weighted by Crippen LogP contribution is -2.28. The Labute approximate surface area is 163 Å². The molecule has 0 aromatic heterocycles. The van der Waals surface area contributed by atoms with Gasteiger partial charge >= 0.3 is 0 Å². The minimum Gasteiger partial charge on any atom is -0.377 e. The lowest BCUT2D eigenvalue weighted by atomic mass is 10.2. The maximum Gasteiger partial charge on any atom is 0.270 e. The van der Waals surface area contributed by atoms with Crippen molar-refractivity contribution in [1.29, 1.82) is 0 Å². The van der Waals surface area contributed by atoms with Crippen LogP contribution in [0.2, 0.25) is 0 Å². The Balaban J connectivity index is 1.93. The normalized spacial score (nSPS) is 16.0. The van der Waals surface area contributed by atoms with E-state index < -0.39 is 5.82 Å². The van der Waals surface area contributed by atoms with Gasteiger partial charge in [-0.25, -0.2) is 4.39 Å². The molecule has 1 heterocycles. The van der Waals surface area contributed by atoms with Crippen LogP contribution in [0.3, 0.4) is 0 Å². The number of anilines is 2. The van der Waals surface area contributed by atoms with E-state index in [1.54, 1.807) is 24.3 Å². The maximum absolute atomic E-state index is 14.0. The molecule has 0 spiro atoms. The summed E-state index contributed by atoms with van der Waals surface area (Å²) in [6.07, 6.45) is 1.77. The Kier molecular flexibility index (Phi) is 5.27. The Morgan fingerprint density at radius 1 is 1.24 bits per heavy atom. The molecule has 0 aliphatic carbocycles. The molecule has 3 rings (SSSR count). The fourth-order valence-electron chi connectivity index (χ4n) is 2.44. The van der Waals surface area contributed by atoms with Crippen molar-refractivity contribution in [2.45, 2.75) is 0 Å². The number of hydrogen-bond acceptors (Lipinski definition) is 4. The number of nitrogens with zero attached hydrogens (tertiary/aromatic N) is 2. The summed E-state index contributed by atoms with van der Waals surface area (Å²) in [5.41, 5.74) is 2.08. The van der Waals surface area contributed by atoms with E-state index in [9.17, 15) is 9.18 Å². The van der Waals surface area contributed by atoms with E-state index in [-0.39, 0.29) is 11.6 Å². The first-order valence-electron chi connectivity index (χ1n) is 7.38. The highest BCUT2D eigenvalue weighted by Crippen LogP contribution is 2.37. The van der Waals surface area contributed by atoms with Crippen LogP contribution >= 0.6 is 39.9 Å². The fraction of sp³-hybridized carbons (Fsp3) is 0.111. The van der Waals surface area contributed by atoms with Crippen LogP contribution in [0, 0.1) is 5.82 Å². The Morgan fingerprint density at radius 2 is 1.96 bits per heavy atom. The number of rotatable bonds is 3. The van der Waals surface area contributed by atoms with Gasteiger partial charge in [-0.05, 0) is 51.8 Å². The number of hydrogen-bond donors (Lipinski definition) is 0.